The molecule has 1 amide bonds. The van der Waals surface area contributed by atoms with Crippen LogP contribution in [0.3, 0.4) is 0 Å². The highest BCUT2D eigenvalue weighted by Crippen LogP contribution is 2.21. The van der Waals surface area contributed by atoms with E-state index < -0.39 is 9.84 Å². The number of rotatable bonds is 8. The number of sulfone groups is 1. The first-order chi connectivity index (χ1) is 15.7. The van der Waals surface area contributed by atoms with Gasteiger partial charge in [0.05, 0.1) is 23.1 Å². The predicted molar refractivity (Wildman–Crippen MR) is 131 cm³/mol. The molecule has 3 rings (SSSR count). The first kappa shape index (κ1) is 24.0. The van der Waals surface area contributed by atoms with Gasteiger partial charge < -0.3 is 10.2 Å². The van der Waals surface area contributed by atoms with Gasteiger partial charge in [-0.15, -0.1) is 0 Å². The van der Waals surface area contributed by atoms with Crippen LogP contribution in [0.15, 0.2) is 77.7 Å². The van der Waals surface area contributed by atoms with Crippen LogP contribution in [0, 0.1) is 11.3 Å². The molecule has 0 radical (unpaired) electrons. The van der Waals surface area contributed by atoms with Crippen molar-refractivity contribution in [2.24, 2.45) is 0 Å². The predicted octanol–water partition coefficient (Wildman–Crippen LogP) is 4.73. The molecule has 7 heteroatoms. The van der Waals surface area contributed by atoms with Crippen molar-refractivity contribution < 1.29 is 13.2 Å². The Hall–Kier alpha value is -3.63. The normalized spacial score (nSPS) is 11.1. The SMILES string of the molecule is CC(C)c1ccc(NC(=O)CN(Cc2cccc(S(C)(=O)=O)c2)c2cccc(C#N)c2)cc1. The summed E-state index contributed by atoms with van der Waals surface area (Å²) >= 11 is 0. The van der Waals surface area contributed by atoms with Crippen molar-refractivity contribution in [1.29, 1.82) is 5.26 Å². The number of hydrogen-bond acceptors (Lipinski definition) is 5. The maximum atomic E-state index is 12.9. The smallest absolute Gasteiger partial charge is 0.243 e. The van der Waals surface area contributed by atoms with Crippen molar-refractivity contribution in [2.45, 2.75) is 31.2 Å². The minimum absolute atomic E-state index is 0.0317. The van der Waals surface area contributed by atoms with Gasteiger partial charge >= 0.3 is 0 Å². The molecule has 3 aromatic rings. The summed E-state index contributed by atoms with van der Waals surface area (Å²) in [7, 11) is -3.35. The lowest BCUT2D eigenvalue weighted by molar-refractivity contribution is -0.115. The van der Waals surface area contributed by atoms with Gasteiger partial charge in [0.15, 0.2) is 9.84 Å². The van der Waals surface area contributed by atoms with Crippen LogP contribution in [0.4, 0.5) is 11.4 Å². The molecule has 0 aliphatic carbocycles. The van der Waals surface area contributed by atoms with Crippen molar-refractivity contribution in [2.75, 3.05) is 23.0 Å². The lowest BCUT2D eigenvalue weighted by Gasteiger charge is -2.25. The molecule has 0 spiro atoms. The van der Waals surface area contributed by atoms with Crippen LogP contribution in [0.2, 0.25) is 0 Å². The molecule has 0 aromatic heterocycles. The number of nitrogens with zero attached hydrogens (tertiary/aromatic N) is 2. The molecule has 3 aromatic carbocycles. The van der Waals surface area contributed by atoms with Crippen LogP contribution >= 0.6 is 0 Å². The number of anilines is 2. The molecule has 0 aliphatic heterocycles. The Bertz CT molecular complexity index is 1280. The third kappa shape index (κ3) is 6.67. The maximum Gasteiger partial charge on any atom is 0.243 e. The van der Waals surface area contributed by atoms with E-state index in [9.17, 15) is 18.5 Å². The van der Waals surface area contributed by atoms with E-state index in [1.807, 2.05) is 41.3 Å². The first-order valence-electron chi connectivity index (χ1n) is 10.6. The van der Waals surface area contributed by atoms with Crippen LogP contribution in [0.1, 0.15) is 36.5 Å². The van der Waals surface area contributed by atoms with Crippen LogP contribution in [0.25, 0.3) is 0 Å². The summed E-state index contributed by atoms with van der Waals surface area (Å²) in [6, 6.07) is 23.5. The number of amides is 1. The number of carbonyl (C=O) groups is 1. The Morgan fingerprint density at radius 3 is 2.36 bits per heavy atom. The van der Waals surface area contributed by atoms with E-state index in [4.69, 9.17) is 0 Å². The second kappa shape index (κ2) is 10.3. The fraction of sp³-hybridized carbons (Fsp3) is 0.231. The van der Waals surface area contributed by atoms with Crippen LogP contribution in [-0.4, -0.2) is 27.1 Å². The molecule has 0 bridgehead atoms. The molecule has 0 atom stereocenters. The zero-order chi connectivity index (χ0) is 24.0. The van der Waals surface area contributed by atoms with E-state index in [1.165, 1.54) is 5.56 Å². The number of hydrogen-bond donors (Lipinski definition) is 1. The zero-order valence-corrected chi connectivity index (χ0v) is 19.8. The van der Waals surface area contributed by atoms with Crippen molar-refractivity contribution in [1.82, 2.24) is 0 Å². The Kier molecular flexibility index (Phi) is 7.52. The highest BCUT2D eigenvalue weighted by atomic mass is 32.2. The van der Waals surface area contributed by atoms with Gasteiger partial charge in [0, 0.05) is 24.2 Å². The van der Waals surface area contributed by atoms with Gasteiger partial charge in [-0.1, -0.05) is 44.2 Å². The Morgan fingerprint density at radius 2 is 1.73 bits per heavy atom. The molecule has 170 valence electrons. The minimum atomic E-state index is -3.35. The number of nitriles is 1. The first-order valence-corrected chi connectivity index (χ1v) is 12.5. The Morgan fingerprint density at radius 1 is 1.03 bits per heavy atom. The Labute approximate surface area is 195 Å². The summed E-state index contributed by atoms with van der Waals surface area (Å²) < 4.78 is 23.9. The average Bonchev–Trinajstić information content (AvgIpc) is 2.78. The highest BCUT2D eigenvalue weighted by Gasteiger charge is 2.15. The summed E-state index contributed by atoms with van der Waals surface area (Å²) in [6.45, 7) is 4.56. The van der Waals surface area contributed by atoms with E-state index >= 15 is 0 Å². The van der Waals surface area contributed by atoms with E-state index in [-0.39, 0.29) is 17.3 Å². The average molecular weight is 462 g/mol. The standard InChI is InChI=1S/C26H27N3O3S/c1-19(2)22-10-12-23(13-11-22)28-26(30)18-29(24-8-4-6-20(14-24)16-27)17-21-7-5-9-25(15-21)33(3,31)32/h4-15,19H,17-18H2,1-3H3,(H,28,30). The molecule has 1 N–H and O–H groups in total. The van der Waals surface area contributed by atoms with E-state index in [0.717, 1.165) is 11.8 Å². The van der Waals surface area contributed by atoms with Gasteiger partial charge in [-0.25, -0.2) is 8.42 Å². The molecule has 0 heterocycles. The number of carbonyl (C=O) groups excluding carboxylic acids is 1. The summed E-state index contributed by atoms with van der Waals surface area (Å²) in [5.41, 5.74) is 3.81. The van der Waals surface area contributed by atoms with Gasteiger partial charge in [0.25, 0.3) is 0 Å². The molecule has 6 nitrogen and oxygen atoms in total. The molecular weight excluding hydrogens is 434 g/mol. The number of benzene rings is 3. The molecule has 0 aliphatic rings. The quantitative estimate of drug-likeness (QED) is 0.524. The van der Waals surface area contributed by atoms with E-state index in [0.29, 0.717) is 29.4 Å². The monoisotopic (exact) mass is 461 g/mol. The fourth-order valence-electron chi connectivity index (χ4n) is 3.43. The molecule has 33 heavy (non-hydrogen) atoms. The molecule has 0 saturated carbocycles. The third-order valence-electron chi connectivity index (χ3n) is 5.24. The van der Waals surface area contributed by atoms with Gasteiger partial charge in [0.2, 0.25) is 5.91 Å². The number of nitrogens with one attached hydrogen (secondary N) is 1. The van der Waals surface area contributed by atoms with Crippen LogP contribution in [0.5, 0.6) is 0 Å². The van der Waals surface area contributed by atoms with E-state index in [1.54, 1.807) is 36.4 Å². The zero-order valence-electron chi connectivity index (χ0n) is 18.9. The molecule has 0 fully saturated rings. The van der Waals surface area contributed by atoms with Gasteiger partial charge in [-0.2, -0.15) is 5.26 Å². The summed E-state index contributed by atoms with van der Waals surface area (Å²) in [5.74, 6) is 0.189. The van der Waals surface area contributed by atoms with Crippen LogP contribution < -0.4 is 10.2 Å². The molecule has 0 unspecified atom stereocenters. The summed E-state index contributed by atoms with van der Waals surface area (Å²) in [6.07, 6.45) is 1.16. The lowest BCUT2D eigenvalue weighted by Crippen LogP contribution is -2.33. The second-order valence-corrected chi connectivity index (χ2v) is 10.3. The van der Waals surface area contributed by atoms with Crippen LogP contribution in [-0.2, 0) is 21.2 Å². The second-order valence-electron chi connectivity index (χ2n) is 8.26. The van der Waals surface area contributed by atoms with Crippen molar-refractivity contribution in [3.05, 3.63) is 89.5 Å². The van der Waals surface area contributed by atoms with Gasteiger partial charge in [0.1, 0.15) is 0 Å². The largest absolute Gasteiger partial charge is 0.358 e. The maximum absolute atomic E-state index is 12.9. The van der Waals surface area contributed by atoms with E-state index in [2.05, 4.69) is 25.2 Å². The summed E-state index contributed by atoms with van der Waals surface area (Å²) in [5, 5.41) is 12.2. The fourth-order valence-corrected chi connectivity index (χ4v) is 4.12. The third-order valence-corrected chi connectivity index (χ3v) is 6.35. The van der Waals surface area contributed by atoms with Crippen molar-refractivity contribution in [3.8, 4) is 6.07 Å². The topological polar surface area (TPSA) is 90.3 Å². The molecule has 0 saturated heterocycles. The lowest BCUT2D eigenvalue weighted by atomic mass is 10.0. The highest BCUT2D eigenvalue weighted by molar-refractivity contribution is 7.90. The minimum Gasteiger partial charge on any atom is -0.358 e. The van der Waals surface area contributed by atoms with Gasteiger partial charge in [-0.05, 0) is 59.5 Å². The Balaban J connectivity index is 1.84. The molecular formula is C26H27N3O3S. The van der Waals surface area contributed by atoms with Crippen molar-refractivity contribution in [3.63, 3.8) is 0 Å². The summed E-state index contributed by atoms with van der Waals surface area (Å²) in [4.78, 5) is 14.9. The van der Waals surface area contributed by atoms with Crippen molar-refractivity contribution >= 4 is 27.1 Å². The van der Waals surface area contributed by atoms with Gasteiger partial charge in [-0.3, -0.25) is 4.79 Å².